The Morgan fingerprint density at radius 3 is 2.45 bits per heavy atom. The molecule has 7 nitrogen and oxygen atoms in total. The highest BCUT2D eigenvalue weighted by atomic mass is 79.9. The van der Waals surface area contributed by atoms with Gasteiger partial charge in [0.05, 0.1) is 28.9 Å². The monoisotopic (exact) mass is 683 g/mol. The first-order chi connectivity index (χ1) is 20.2. The van der Waals surface area contributed by atoms with Crippen LogP contribution >= 0.6 is 50.7 Å². The van der Waals surface area contributed by atoms with Gasteiger partial charge in [0.2, 0.25) is 0 Å². The first-order valence-electron chi connectivity index (χ1n) is 12.6. The molecule has 0 aliphatic rings. The van der Waals surface area contributed by atoms with Gasteiger partial charge in [0.1, 0.15) is 5.69 Å². The lowest BCUT2D eigenvalue weighted by Crippen LogP contribution is -2.19. The number of rotatable bonds is 8. The summed E-state index contributed by atoms with van der Waals surface area (Å²) in [6, 6.07) is 22.1. The van der Waals surface area contributed by atoms with E-state index in [0.717, 1.165) is 9.86 Å². The fraction of sp³-hybridized carbons (Fsp3) is 0.0645. The molecule has 0 aliphatic carbocycles. The van der Waals surface area contributed by atoms with E-state index < -0.39 is 11.9 Å². The van der Waals surface area contributed by atoms with Crippen molar-refractivity contribution in [2.24, 2.45) is 5.10 Å². The summed E-state index contributed by atoms with van der Waals surface area (Å²) in [5, 5.41) is 6.29. The highest BCUT2D eigenvalue weighted by Crippen LogP contribution is 2.40. The Balaban J connectivity index is 1.39. The van der Waals surface area contributed by atoms with E-state index in [1.165, 1.54) is 6.21 Å². The number of hydrogen-bond acceptors (Lipinski definition) is 5. The Hall–Kier alpha value is -3.82. The van der Waals surface area contributed by atoms with Crippen LogP contribution in [-0.2, 0) is 0 Å². The number of benzene rings is 4. The topological polar surface area (TPSA) is 92.8 Å². The van der Waals surface area contributed by atoms with E-state index in [0.29, 0.717) is 55.2 Å². The van der Waals surface area contributed by atoms with E-state index in [4.69, 9.17) is 44.3 Å². The molecule has 42 heavy (non-hydrogen) atoms. The van der Waals surface area contributed by atoms with Gasteiger partial charge in [-0.3, -0.25) is 4.79 Å². The second-order valence-corrected chi connectivity index (χ2v) is 11.1. The number of aromatic nitrogens is 1. The van der Waals surface area contributed by atoms with Gasteiger partial charge < -0.3 is 14.5 Å². The van der Waals surface area contributed by atoms with Crippen LogP contribution in [0.15, 0.2) is 88.4 Å². The highest BCUT2D eigenvalue weighted by molar-refractivity contribution is 9.10. The second kappa shape index (κ2) is 13.0. The number of H-pyrrole nitrogens is 1. The maximum Gasteiger partial charge on any atom is 0.343 e. The van der Waals surface area contributed by atoms with E-state index in [1.54, 1.807) is 54.6 Å². The number of nitrogens with zero attached hydrogens (tertiary/aromatic N) is 1. The van der Waals surface area contributed by atoms with Crippen LogP contribution in [0.3, 0.4) is 0 Å². The third-order valence-electron chi connectivity index (χ3n) is 6.12. The van der Waals surface area contributed by atoms with Gasteiger partial charge in [-0.15, -0.1) is 0 Å². The Bertz CT molecular complexity index is 1840. The third kappa shape index (κ3) is 6.47. The minimum Gasteiger partial charge on any atom is -0.490 e. The molecule has 0 bridgehead atoms. The van der Waals surface area contributed by atoms with Crippen LogP contribution < -0.4 is 14.9 Å². The number of fused-ring (bicyclic) bond motifs is 1. The number of aromatic amines is 1. The molecule has 1 aromatic heterocycles. The van der Waals surface area contributed by atoms with Crippen molar-refractivity contribution in [2.75, 3.05) is 6.61 Å². The van der Waals surface area contributed by atoms with Crippen molar-refractivity contribution in [1.82, 2.24) is 10.4 Å². The molecule has 5 aromatic rings. The van der Waals surface area contributed by atoms with Crippen LogP contribution in [0.4, 0.5) is 0 Å². The van der Waals surface area contributed by atoms with Crippen molar-refractivity contribution in [3.05, 3.63) is 115 Å². The summed E-state index contributed by atoms with van der Waals surface area (Å²) < 4.78 is 12.0. The molecule has 0 saturated carbocycles. The van der Waals surface area contributed by atoms with E-state index in [9.17, 15) is 9.59 Å². The number of nitrogens with one attached hydrogen (secondary N) is 2. The third-order valence-corrected chi connectivity index (χ3v) is 7.46. The summed E-state index contributed by atoms with van der Waals surface area (Å²) >= 11 is 22.4. The van der Waals surface area contributed by atoms with Gasteiger partial charge in [-0.05, 0) is 73.2 Å². The molecule has 0 radical (unpaired) electrons. The number of carbonyl (C=O) groups is 2. The lowest BCUT2D eigenvalue weighted by molar-refractivity contribution is 0.0728. The zero-order chi connectivity index (χ0) is 29.8. The molecule has 1 amide bonds. The number of halogens is 4. The van der Waals surface area contributed by atoms with E-state index in [2.05, 4.69) is 31.4 Å². The second-order valence-electron chi connectivity index (χ2n) is 8.90. The van der Waals surface area contributed by atoms with Gasteiger partial charge in [0.25, 0.3) is 5.91 Å². The van der Waals surface area contributed by atoms with Crippen LogP contribution in [0.2, 0.25) is 15.1 Å². The number of amides is 1. The molecule has 0 aliphatic heterocycles. The molecule has 0 unspecified atom stereocenters. The van der Waals surface area contributed by atoms with Crippen LogP contribution in [-0.4, -0.2) is 29.7 Å². The van der Waals surface area contributed by atoms with Gasteiger partial charge in [0.15, 0.2) is 11.5 Å². The number of ether oxygens (including phenoxy) is 2. The SMILES string of the molecule is CCOc1cc(C=NNC(=O)c2[nH]c3c(Cl)cc(Br)cc3c2-c2ccccc2Cl)ccc1OC(=O)c1ccc(Cl)cc1. The first kappa shape index (κ1) is 29.7. The Labute approximate surface area is 264 Å². The zero-order valence-electron chi connectivity index (χ0n) is 21.9. The smallest absolute Gasteiger partial charge is 0.343 e. The fourth-order valence-corrected chi connectivity index (χ4v) is 5.47. The minimum atomic E-state index is -0.555. The molecule has 4 aromatic carbocycles. The fourth-order valence-electron chi connectivity index (χ4n) is 4.26. The quantitative estimate of drug-likeness (QED) is 0.0739. The molecule has 0 saturated heterocycles. The van der Waals surface area contributed by atoms with Gasteiger partial charge >= 0.3 is 5.97 Å². The summed E-state index contributed by atoms with van der Waals surface area (Å²) in [6.45, 7) is 2.15. The summed E-state index contributed by atoms with van der Waals surface area (Å²) in [7, 11) is 0. The van der Waals surface area contributed by atoms with Crippen LogP contribution in [0, 0.1) is 0 Å². The van der Waals surface area contributed by atoms with Crippen molar-refractivity contribution in [1.29, 1.82) is 0 Å². The lowest BCUT2D eigenvalue weighted by Gasteiger charge is -2.11. The van der Waals surface area contributed by atoms with Crippen molar-refractivity contribution in [3.8, 4) is 22.6 Å². The largest absolute Gasteiger partial charge is 0.490 e. The van der Waals surface area contributed by atoms with Gasteiger partial charge in [-0.2, -0.15) is 5.10 Å². The van der Waals surface area contributed by atoms with Crippen LogP contribution in [0.1, 0.15) is 33.3 Å². The molecule has 2 N–H and O–H groups in total. The van der Waals surface area contributed by atoms with Crippen molar-refractivity contribution < 1.29 is 19.1 Å². The van der Waals surface area contributed by atoms with Gasteiger partial charge in [0, 0.05) is 31.0 Å². The molecule has 1 heterocycles. The van der Waals surface area contributed by atoms with E-state index in [-0.39, 0.29) is 11.4 Å². The molecule has 0 atom stereocenters. The molecule has 0 spiro atoms. The average molecular weight is 686 g/mol. The summed E-state index contributed by atoms with van der Waals surface area (Å²) in [6.07, 6.45) is 1.45. The number of esters is 1. The highest BCUT2D eigenvalue weighted by Gasteiger charge is 2.22. The van der Waals surface area contributed by atoms with Crippen LogP contribution in [0.25, 0.3) is 22.0 Å². The number of carbonyl (C=O) groups excluding carboxylic acids is 2. The maximum atomic E-state index is 13.4. The Kier molecular flexibility index (Phi) is 9.18. The van der Waals surface area contributed by atoms with Crippen molar-refractivity contribution >= 4 is 79.7 Å². The number of hydrogen-bond donors (Lipinski definition) is 2. The van der Waals surface area contributed by atoms with Gasteiger partial charge in [-0.1, -0.05) is 68.9 Å². The zero-order valence-corrected chi connectivity index (χ0v) is 25.7. The maximum absolute atomic E-state index is 13.4. The standard InChI is InChI=1S/C31H21BrCl3N3O4/c1-2-41-26-13-17(7-12-25(26)42-31(40)18-8-10-20(33)11-9-18)16-36-38-30(39)29-27(21-5-3-4-6-23(21)34)22-14-19(32)15-24(35)28(22)37-29/h3-16,37H,2H2,1H3,(H,38,39). The van der Waals surface area contributed by atoms with E-state index in [1.807, 2.05) is 31.2 Å². The molecular formula is C31H21BrCl3N3O4. The molecule has 0 fully saturated rings. The number of hydrazone groups is 1. The minimum absolute atomic E-state index is 0.239. The Morgan fingerprint density at radius 1 is 0.952 bits per heavy atom. The molecular weight excluding hydrogens is 665 g/mol. The first-order valence-corrected chi connectivity index (χ1v) is 14.5. The molecule has 11 heteroatoms. The van der Waals surface area contributed by atoms with Gasteiger partial charge in [-0.25, -0.2) is 10.2 Å². The van der Waals surface area contributed by atoms with Crippen molar-refractivity contribution in [3.63, 3.8) is 0 Å². The lowest BCUT2D eigenvalue weighted by atomic mass is 10.0. The summed E-state index contributed by atoms with van der Waals surface area (Å²) in [4.78, 5) is 29.1. The summed E-state index contributed by atoms with van der Waals surface area (Å²) in [5.41, 5.74) is 5.60. The average Bonchev–Trinajstić information content (AvgIpc) is 3.34. The van der Waals surface area contributed by atoms with E-state index >= 15 is 0 Å². The predicted molar refractivity (Wildman–Crippen MR) is 171 cm³/mol. The van der Waals surface area contributed by atoms with Crippen LogP contribution in [0.5, 0.6) is 11.5 Å². The summed E-state index contributed by atoms with van der Waals surface area (Å²) in [5.74, 6) is -0.473. The normalized spacial score (nSPS) is 11.2. The predicted octanol–water partition coefficient (Wildman–Crippen LogP) is 8.94. The molecule has 212 valence electrons. The Morgan fingerprint density at radius 2 is 1.71 bits per heavy atom. The molecule has 5 rings (SSSR count). The van der Waals surface area contributed by atoms with Crippen molar-refractivity contribution in [2.45, 2.75) is 6.92 Å².